The van der Waals surface area contributed by atoms with Crippen molar-refractivity contribution in [3.05, 3.63) is 11.9 Å². The number of rotatable bonds is 2. The van der Waals surface area contributed by atoms with E-state index in [2.05, 4.69) is 10.3 Å². The Morgan fingerprint density at radius 3 is 2.93 bits per heavy atom. The highest BCUT2D eigenvalue weighted by atomic mass is 16.2. The molecule has 0 aromatic carbocycles. The molecule has 0 amide bonds. The summed E-state index contributed by atoms with van der Waals surface area (Å²) in [5.74, 6) is -0.597. The molecule has 0 bridgehead atoms. The quantitative estimate of drug-likeness (QED) is 0.530. The normalized spacial score (nSPS) is 21.7. The van der Waals surface area contributed by atoms with Gasteiger partial charge in [-0.2, -0.15) is 0 Å². The van der Waals surface area contributed by atoms with E-state index < -0.39 is 5.92 Å². The monoisotopic (exact) mass is 207 g/mol. The van der Waals surface area contributed by atoms with Crippen molar-refractivity contribution in [2.24, 2.45) is 13.0 Å². The van der Waals surface area contributed by atoms with Crippen LogP contribution in [0, 0.1) is 5.92 Å². The molecule has 2 rings (SSSR count). The van der Waals surface area contributed by atoms with Crippen LogP contribution in [0.5, 0.6) is 0 Å². The minimum atomic E-state index is -0.476. The van der Waals surface area contributed by atoms with E-state index in [1.165, 1.54) is 4.68 Å². The van der Waals surface area contributed by atoms with Gasteiger partial charge in [0.15, 0.2) is 5.78 Å². The Labute approximate surface area is 87.5 Å². The number of hydrogen-bond acceptors (Lipinski definition) is 4. The number of hydrogen-bond donors (Lipinski definition) is 0. The predicted octanol–water partition coefficient (Wildman–Crippen LogP) is 0.757. The molecule has 5 nitrogen and oxygen atoms in total. The van der Waals surface area contributed by atoms with Crippen molar-refractivity contribution < 1.29 is 9.59 Å². The summed E-state index contributed by atoms with van der Waals surface area (Å²) < 4.78 is 1.47. The molecule has 5 heteroatoms. The zero-order valence-corrected chi connectivity index (χ0v) is 8.64. The van der Waals surface area contributed by atoms with Crippen LogP contribution in [0.3, 0.4) is 0 Å². The first-order chi connectivity index (χ1) is 7.18. The third-order valence-electron chi connectivity index (χ3n) is 2.73. The molecular weight excluding hydrogens is 194 g/mol. The van der Waals surface area contributed by atoms with E-state index in [0.29, 0.717) is 18.5 Å². The van der Waals surface area contributed by atoms with Crippen LogP contribution in [0.2, 0.25) is 0 Å². The first kappa shape index (κ1) is 10.0. The van der Waals surface area contributed by atoms with Crippen molar-refractivity contribution in [3.8, 4) is 0 Å². The Kier molecular flexibility index (Phi) is 2.62. The van der Waals surface area contributed by atoms with E-state index in [1.807, 2.05) is 0 Å². The third-order valence-corrected chi connectivity index (χ3v) is 2.73. The number of ketones is 2. The van der Waals surface area contributed by atoms with Gasteiger partial charge in [0.25, 0.3) is 0 Å². The molecule has 1 aromatic heterocycles. The van der Waals surface area contributed by atoms with Gasteiger partial charge in [0.1, 0.15) is 11.5 Å². The number of aryl methyl sites for hydroxylation is 1. The van der Waals surface area contributed by atoms with Crippen molar-refractivity contribution in [2.75, 3.05) is 0 Å². The second-order valence-corrected chi connectivity index (χ2v) is 3.91. The minimum Gasteiger partial charge on any atom is -0.299 e. The van der Waals surface area contributed by atoms with Gasteiger partial charge in [0.05, 0.1) is 12.1 Å². The zero-order chi connectivity index (χ0) is 10.8. The SMILES string of the molecule is Cn1cc(C(=O)C2CCCCC2=O)nn1. The fourth-order valence-corrected chi connectivity index (χ4v) is 1.90. The van der Waals surface area contributed by atoms with Crippen LogP contribution in [0.15, 0.2) is 6.20 Å². The van der Waals surface area contributed by atoms with Gasteiger partial charge in [0.2, 0.25) is 0 Å². The zero-order valence-electron chi connectivity index (χ0n) is 8.64. The van der Waals surface area contributed by atoms with E-state index in [1.54, 1.807) is 13.2 Å². The Bertz CT molecular complexity index is 397. The summed E-state index contributed by atoms with van der Waals surface area (Å²) in [6, 6.07) is 0. The molecule has 1 saturated carbocycles. The average molecular weight is 207 g/mol. The van der Waals surface area contributed by atoms with Crippen LogP contribution < -0.4 is 0 Å². The molecule has 0 aliphatic heterocycles. The molecule has 1 aromatic rings. The van der Waals surface area contributed by atoms with Crippen molar-refractivity contribution >= 4 is 11.6 Å². The molecule has 1 fully saturated rings. The van der Waals surface area contributed by atoms with Crippen LogP contribution in [0.1, 0.15) is 36.2 Å². The molecule has 1 atom stereocenters. The van der Waals surface area contributed by atoms with Crippen LogP contribution in [0.25, 0.3) is 0 Å². The molecule has 0 radical (unpaired) electrons. The molecule has 1 aliphatic carbocycles. The molecule has 0 saturated heterocycles. The first-order valence-electron chi connectivity index (χ1n) is 5.12. The topological polar surface area (TPSA) is 64.8 Å². The standard InChI is InChI=1S/C10H13N3O2/c1-13-6-8(11-12-13)10(15)7-4-2-3-5-9(7)14/h6-7H,2-5H2,1H3. The van der Waals surface area contributed by atoms with Crippen LogP contribution >= 0.6 is 0 Å². The highest BCUT2D eigenvalue weighted by Crippen LogP contribution is 2.23. The number of Topliss-reactive ketones (excluding diaryl/α,β-unsaturated/α-hetero) is 2. The van der Waals surface area contributed by atoms with Gasteiger partial charge in [-0.15, -0.1) is 5.10 Å². The van der Waals surface area contributed by atoms with E-state index >= 15 is 0 Å². The summed E-state index contributed by atoms with van der Waals surface area (Å²) in [5, 5.41) is 7.43. The smallest absolute Gasteiger partial charge is 0.195 e. The predicted molar refractivity (Wildman–Crippen MR) is 52.3 cm³/mol. The second-order valence-electron chi connectivity index (χ2n) is 3.91. The first-order valence-corrected chi connectivity index (χ1v) is 5.12. The summed E-state index contributed by atoms with van der Waals surface area (Å²) in [6.45, 7) is 0. The van der Waals surface area contributed by atoms with Crippen molar-refractivity contribution in [3.63, 3.8) is 0 Å². The molecule has 1 aliphatic rings. The summed E-state index contributed by atoms with van der Waals surface area (Å²) in [6.07, 6.45) is 4.60. The molecule has 80 valence electrons. The largest absolute Gasteiger partial charge is 0.299 e. The molecule has 0 N–H and O–H groups in total. The van der Waals surface area contributed by atoms with Gasteiger partial charge < -0.3 is 0 Å². The van der Waals surface area contributed by atoms with E-state index in [-0.39, 0.29) is 11.6 Å². The number of aromatic nitrogens is 3. The van der Waals surface area contributed by atoms with Gasteiger partial charge in [-0.25, -0.2) is 0 Å². The highest BCUT2D eigenvalue weighted by molar-refractivity contribution is 6.09. The Hall–Kier alpha value is -1.52. The molecular formula is C10H13N3O2. The summed E-state index contributed by atoms with van der Waals surface area (Å²) in [4.78, 5) is 23.4. The third kappa shape index (κ3) is 1.95. The van der Waals surface area contributed by atoms with Gasteiger partial charge in [0, 0.05) is 13.5 Å². The van der Waals surface area contributed by atoms with Crippen molar-refractivity contribution in [1.29, 1.82) is 0 Å². The second kappa shape index (κ2) is 3.92. The lowest BCUT2D eigenvalue weighted by Crippen LogP contribution is -2.27. The molecule has 1 unspecified atom stereocenters. The fraction of sp³-hybridized carbons (Fsp3) is 0.600. The number of nitrogens with zero attached hydrogens (tertiary/aromatic N) is 3. The van der Waals surface area contributed by atoms with Gasteiger partial charge in [-0.1, -0.05) is 11.6 Å². The lowest BCUT2D eigenvalue weighted by Gasteiger charge is -2.17. The van der Waals surface area contributed by atoms with Crippen LogP contribution in [-0.4, -0.2) is 26.6 Å². The highest BCUT2D eigenvalue weighted by Gasteiger charge is 2.30. The summed E-state index contributed by atoms with van der Waals surface area (Å²) in [5.41, 5.74) is 0.303. The van der Waals surface area contributed by atoms with E-state index in [4.69, 9.17) is 0 Å². The van der Waals surface area contributed by atoms with Crippen molar-refractivity contribution in [2.45, 2.75) is 25.7 Å². The number of carbonyl (C=O) groups is 2. The average Bonchev–Trinajstić information content (AvgIpc) is 2.65. The molecule has 0 spiro atoms. The Morgan fingerprint density at radius 1 is 1.53 bits per heavy atom. The summed E-state index contributed by atoms with van der Waals surface area (Å²) >= 11 is 0. The Morgan fingerprint density at radius 2 is 2.33 bits per heavy atom. The molecule has 15 heavy (non-hydrogen) atoms. The maximum Gasteiger partial charge on any atom is 0.195 e. The molecule has 1 heterocycles. The number of carbonyl (C=O) groups excluding carboxylic acids is 2. The van der Waals surface area contributed by atoms with E-state index in [0.717, 1.165) is 12.8 Å². The maximum absolute atomic E-state index is 11.9. The van der Waals surface area contributed by atoms with Crippen LogP contribution in [-0.2, 0) is 11.8 Å². The van der Waals surface area contributed by atoms with Gasteiger partial charge in [-0.3, -0.25) is 14.3 Å². The van der Waals surface area contributed by atoms with E-state index in [9.17, 15) is 9.59 Å². The lowest BCUT2D eigenvalue weighted by molar-refractivity contribution is -0.122. The maximum atomic E-state index is 11.9. The lowest BCUT2D eigenvalue weighted by atomic mass is 9.84. The van der Waals surface area contributed by atoms with Crippen molar-refractivity contribution in [1.82, 2.24) is 15.0 Å². The van der Waals surface area contributed by atoms with Gasteiger partial charge >= 0.3 is 0 Å². The summed E-state index contributed by atoms with van der Waals surface area (Å²) in [7, 11) is 1.70. The minimum absolute atomic E-state index is 0.0527. The fourth-order valence-electron chi connectivity index (χ4n) is 1.90. The van der Waals surface area contributed by atoms with Gasteiger partial charge in [-0.05, 0) is 12.8 Å². The van der Waals surface area contributed by atoms with Crippen LogP contribution in [0.4, 0.5) is 0 Å². The Balaban J connectivity index is 2.16.